The average Bonchev–Trinajstić information content (AvgIpc) is 2.30. The number of carbonyl (C=O) groups is 1. The monoisotopic (exact) mass is 229 g/mol. The fourth-order valence-electron chi connectivity index (χ4n) is 1.96. The first-order chi connectivity index (χ1) is 8.09. The number of para-hydroxylation sites is 1. The number of pyridine rings is 1. The fraction of sp³-hybridized carbons (Fsp3) is 0.286. The van der Waals surface area contributed by atoms with Crippen molar-refractivity contribution in [1.82, 2.24) is 4.98 Å². The lowest BCUT2D eigenvalue weighted by Crippen LogP contribution is -2.12. The number of aryl methyl sites for hydroxylation is 1. The van der Waals surface area contributed by atoms with Crippen molar-refractivity contribution in [2.75, 3.05) is 0 Å². The third-order valence-electron chi connectivity index (χ3n) is 3.02. The van der Waals surface area contributed by atoms with Crippen LogP contribution in [0.25, 0.3) is 10.9 Å². The molecule has 0 saturated heterocycles. The molecule has 0 aliphatic carbocycles. The quantitative estimate of drug-likeness (QED) is 0.880. The third kappa shape index (κ3) is 2.28. The molecule has 1 unspecified atom stereocenters. The van der Waals surface area contributed by atoms with Crippen molar-refractivity contribution in [3.8, 4) is 0 Å². The van der Waals surface area contributed by atoms with Crippen LogP contribution in [0.5, 0.6) is 0 Å². The Bertz CT molecular complexity index is 563. The summed E-state index contributed by atoms with van der Waals surface area (Å²) in [5.74, 6) is -1.16. The van der Waals surface area contributed by atoms with Crippen LogP contribution in [0.2, 0.25) is 0 Å². The Balaban J connectivity index is 2.48. The highest BCUT2D eigenvalue weighted by molar-refractivity contribution is 5.85. The number of carboxylic acid groups (broad SMARTS) is 1. The summed E-state index contributed by atoms with van der Waals surface area (Å²) < 4.78 is 0. The average molecular weight is 229 g/mol. The van der Waals surface area contributed by atoms with Gasteiger partial charge in [0.05, 0.1) is 11.4 Å². The van der Waals surface area contributed by atoms with Crippen molar-refractivity contribution in [3.63, 3.8) is 0 Å². The van der Waals surface area contributed by atoms with E-state index in [1.54, 1.807) is 13.1 Å². The number of hydrogen-bond acceptors (Lipinski definition) is 2. The largest absolute Gasteiger partial charge is 0.481 e. The first-order valence-corrected chi connectivity index (χ1v) is 5.65. The second-order valence-electron chi connectivity index (χ2n) is 4.38. The molecule has 88 valence electrons. The Labute approximate surface area is 100 Å². The molecular weight excluding hydrogens is 214 g/mol. The summed E-state index contributed by atoms with van der Waals surface area (Å²) in [6.07, 6.45) is 2.29. The number of hydrogen-bond donors (Lipinski definition) is 1. The highest BCUT2D eigenvalue weighted by Gasteiger charge is 2.14. The molecule has 2 aromatic rings. The number of carboxylic acids is 1. The van der Waals surface area contributed by atoms with Crippen molar-refractivity contribution in [2.24, 2.45) is 5.92 Å². The van der Waals surface area contributed by atoms with E-state index < -0.39 is 5.97 Å². The van der Waals surface area contributed by atoms with Crippen LogP contribution in [0.4, 0.5) is 0 Å². The van der Waals surface area contributed by atoms with Gasteiger partial charge in [-0.1, -0.05) is 25.1 Å². The van der Waals surface area contributed by atoms with Crippen molar-refractivity contribution in [1.29, 1.82) is 0 Å². The predicted octanol–water partition coefficient (Wildman–Crippen LogP) is 2.81. The number of aromatic nitrogens is 1. The summed E-state index contributed by atoms with van der Waals surface area (Å²) in [7, 11) is 0. The molecule has 1 atom stereocenters. The molecule has 0 aliphatic rings. The summed E-state index contributed by atoms with van der Waals surface area (Å²) in [6.45, 7) is 3.76. The van der Waals surface area contributed by atoms with E-state index in [1.807, 2.05) is 31.2 Å². The van der Waals surface area contributed by atoms with Crippen molar-refractivity contribution in [3.05, 3.63) is 41.6 Å². The van der Waals surface area contributed by atoms with Gasteiger partial charge < -0.3 is 5.11 Å². The molecule has 1 N–H and O–H groups in total. The minimum absolute atomic E-state index is 0.386. The van der Waals surface area contributed by atoms with Crippen molar-refractivity contribution >= 4 is 16.9 Å². The molecule has 17 heavy (non-hydrogen) atoms. The van der Waals surface area contributed by atoms with Gasteiger partial charge in [0.2, 0.25) is 0 Å². The van der Waals surface area contributed by atoms with E-state index in [1.165, 1.54) is 5.56 Å². The van der Waals surface area contributed by atoms with Crippen LogP contribution in [0.1, 0.15) is 18.1 Å². The molecule has 1 aromatic carbocycles. The summed E-state index contributed by atoms with van der Waals surface area (Å²) in [5.41, 5.74) is 3.08. The van der Waals surface area contributed by atoms with Gasteiger partial charge in [-0.3, -0.25) is 9.78 Å². The van der Waals surface area contributed by atoms with Gasteiger partial charge in [-0.2, -0.15) is 0 Å². The van der Waals surface area contributed by atoms with Crippen LogP contribution < -0.4 is 0 Å². The maximum Gasteiger partial charge on any atom is 0.306 e. The smallest absolute Gasteiger partial charge is 0.306 e. The first kappa shape index (κ1) is 11.6. The molecule has 3 heteroatoms. The zero-order valence-electron chi connectivity index (χ0n) is 9.97. The molecule has 0 radical (unpaired) electrons. The second-order valence-corrected chi connectivity index (χ2v) is 4.38. The van der Waals surface area contributed by atoms with E-state index in [0.717, 1.165) is 16.5 Å². The van der Waals surface area contributed by atoms with Crippen LogP contribution in [0, 0.1) is 12.8 Å². The Kier molecular flexibility index (Phi) is 3.09. The summed E-state index contributed by atoms with van der Waals surface area (Å²) in [4.78, 5) is 15.2. The van der Waals surface area contributed by atoms with Crippen molar-refractivity contribution in [2.45, 2.75) is 20.3 Å². The van der Waals surface area contributed by atoms with Crippen LogP contribution >= 0.6 is 0 Å². The van der Waals surface area contributed by atoms with E-state index in [2.05, 4.69) is 4.98 Å². The van der Waals surface area contributed by atoms with E-state index in [0.29, 0.717) is 6.42 Å². The molecule has 3 nitrogen and oxygen atoms in total. The van der Waals surface area contributed by atoms with E-state index in [9.17, 15) is 4.79 Å². The summed E-state index contributed by atoms with van der Waals surface area (Å²) in [5, 5.41) is 10.0. The maximum atomic E-state index is 10.9. The predicted molar refractivity (Wildman–Crippen MR) is 67.0 cm³/mol. The van der Waals surface area contributed by atoms with Crippen LogP contribution in [-0.4, -0.2) is 16.1 Å². The zero-order valence-corrected chi connectivity index (χ0v) is 9.97. The Hall–Kier alpha value is -1.90. The fourth-order valence-corrected chi connectivity index (χ4v) is 1.96. The van der Waals surface area contributed by atoms with Crippen LogP contribution in [0.3, 0.4) is 0 Å². The van der Waals surface area contributed by atoms with Crippen LogP contribution in [-0.2, 0) is 11.2 Å². The molecule has 0 bridgehead atoms. The molecule has 0 fully saturated rings. The van der Waals surface area contributed by atoms with Gasteiger partial charge in [0, 0.05) is 11.6 Å². The number of rotatable bonds is 3. The van der Waals surface area contributed by atoms with Gasteiger partial charge in [0.1, 0.15) is 0 Å². The van der Waals surface area contributed by atoms with Gasteiger partial charge in [0.15, 0.2) is 0 Å². The van der Waals surface area contributed by atoms with Gasteiger partial charge in [-0.15, -0.1) is 0 Å². The molecule has 0 amide bonds. The van der Waals surface area contributed by atoms with E-state index >= 15 is 0 Å². The minimum atomic E-state index is -0.769. The van der Waals surface area contributed by atoms with Crippen LogP contribution in [0.15, 0.2) is 30.5 Å². The van der Waals surface area contributed by atoms with Crippen molar-refractivity contribution < 1.29 is 9.90 Å². The number of fused-ring (bicyclic) bond motifs is 1. The molecule has 0 aliphatic heterocycles. The topological polar surface area (TPSA) is 50.2 Å². The number of nitrogens with zero attached hydrogens (tertiary/aromatic N) is 1. The van der Waals surface area contributed by atoms with Gasteiger partial charge in [-0.25, -0.2) is 0 Å². The number of aliphatic carboxylic acids is 1. The second kappa shape index (κ2) is 4.53. The van der Waals surface area contributed by atoms with Gasteiger partial charge in [0.25, 0.3) is 0 Å². The summed E-state index contributed by atoms with van der Waals surface area (Å²) >= 11 is 0. The lowest BCUT2D eigenvalue weighted by atomic mass is 9.97. The Morgan fingerprint density at radius 3 is 2.88 bits per heavy atom. The van der Waals surface area contributed by atoms with E-state index in [4.69, 9.17) is 5.11 Å². The molecule has 1 heterocycles. The van der Waals surface area contributed by atoms with E-state index in [-0.39, 0.29) is 5.92 Å². The SMILES string of the molecule is Cc1ccnc2c(CC(C)C(=O)O)cccc12. The lowest BCUT2D eigenvalue weighted by Gasteiger charge is -2.09. The Morgan fingerprint density at radius 2 is 2.18 bits per heavy atom. The normalized spacial score (nSPS) is 12.6. The maximum absolute atomic E-state index is 10.9. The molecular formula is C14H15NO2. The molecule has 0 saturated carbocycles. The molecule has 2 rings (SSSR count). The standard InChI is InChI=1S/C14H15NO2/c1-9-6-7-15-13-11(4-3-5-12(9)13)8-10(2)14(16)17/h3-7,10H,8H2,1-2H3,(H,16,17). The summed E-state index contributed by atoms with van der Waals surface area (Å²) in [6, 6.07) is 7.90. The minimum Gasteiger partial charge on any atom is -0.481 e. The zero-order chi connectivity index (χ0) is 12.4. The number of benzene rings is 1. The highest BCUT2D eigenvalue weighted by Crippen LogP contribution is 2.21. The van der Waals surface area contributed by atoms with Gasteiger partial charge in [-0.05, 0) is 30.5 Å². The first-order valence-electron chi connectivity index (χ1n) is 5.65. The van der Waals surface area contributed by atoms with Gasteiger partial charge >= 0.3 is 5.97 Å². The third-order valence-corrected chi connectivity index (χ3v) is 3.02. The molecule has 0 spiro atoms. The Morgan fingerprint density at radius 1 is 1.41 bits per heavy atom. The lowest BCUT2D eigenvalue weighted by molar-refractivity contribution is -0.141. The highest BCUT2D eigenvalue weighted by atomic mass is 16.4. The molecule has 1 aromatic heterocycles.